The fraction of sp³-hybridized carbons (Fsp3) is 0.467. The number of nitrogens with one attached hydrogen (secondary N) is 2. The number of nitrogens with zero attached hydrogens (tertiary/aromatic N) is 1. The maximum absolute atomic E-state index is 12.3. The van der Waals surface area contributed by atoms with Crippen molar-refractivity contribution in [1.29, 1.82) is 0 Å². The summed E-state index contributed by atoms with van der Waals surface area (Å²) in [6, 6.07) is 3.47. The Morgan fingerprint density at radius 3 is 3.14 bits per heavy atom. The van der Waals surface area contributed by atoms with E-state index in [9.17, 15) is 9.90 Å². The predicted molar refractivity (Wildman–Crippen MR) is 77.5 cm³/mol. The molecule has 0 aromatic carbocycles. The average Bonchev–Trinajstić information content (AvgIpc) is 3.23. The van der Waals surface area contributed by atoms with Gasteiger partial charge in [0.2, 0.25) is 0 Å². The third-order valence-electron chi connectivity index (χ3n) is 3.80. The average molecular weight is 305 g/mol. The van der Waals surface area contributed by atoms with E-state index in [2.05, 4.69) is 15.5 Å². The number of H-pyrrole nitrogens is 1. The summed E-state index contributed by atoms with van der Waals surface area (Å²) in [5.74, 6) is 1.06. The summed E-state index contributed by atoms with van der Waals surface area (Å²) < 4.78 is 10.7. The SMILES string of the molecule is Cc1ccc([C@H](O)CNC(=O)c2cn[nH]c2[C@H]2CCOC2)o1. The molecule has 1 aliphatic heterocycles. The van der Waals surface area contributed by atoms with E-state index in [1.165, 1.54) is 6.20 Å². The van der Waals surface area contributed by atoms with Gasteiger partial charge in [-0.05, 0) is 25.5 Å². The fourth-order valence-electron chi connectivity index (χ4n) is 2.57. The van der Waals surface area contributed by atoms with Gasteiger partial charge in [-0.25, -0.2) is 0 Å². The Bertz CT molecular complexity index is 643. The molecule has 1 fully saturated rings. The zero-order valence-corrected chi connectivity index (χ0v) is 12.3. The van der Waals surface area contributed by atoms with E-state index in [4.69, 9.17) is 9.15 Å². The standard InChI is InChI=1S/C15H19N3O4/c1-9-2-3-13(22-9)12(19)7-16-15(20)11-6-17-18-14(11)10-4-5-21-8-10/h2-3,6,10,12,19H,4-5,7-8H2,1H3,(H,16,20)(H,17,18)/t10-,12+/m0/s1. The van der Waals surface area contributed by atoms with Crippen LogP contribution in [-0.4, -0.2) is 41.0 Å². The minimum absolute atomic E-state index is 0.0809. The highest BCUT2D eigenvalue weighted by molar-refractivity contribution is 5.95. The van der Waals surface area contributed by atoms with Crippen LogP contribution in [0.2, 0.25) is 0 Å². The Morgan fingerprint density at radius 1 is 1.59 bits per heavy atom. The second-order valence-electron chi connectivity index (χ2n) is 5.43. The number of aryl methyl sites for hydroxylation is 1. The quantitative estimate of drug-likeness (QED) is 0.772. The molecular weight excluding hydrogens is 286 g/mol. The van der Waals surface area contributed by atoms with Crippen LogP contribution >= 0.6 is 0 Å². The largest absolute Gasteiger partial charge is 0.464 e. The lowest BCUT2D eigenvalue weighted by atomic mass is 10.0. The monoisotopic (exact) mass is 305 g/mol. The van der Waals surface area contributed by atoms with Crippen molar-refractivity contribution in [3.63, 3.8) is 0 Å². The third-order valence-corrected chi connectivity index (χ3v) is 3.80. The van der Waals surface area contributed by atoms with Crippen molar-refractivity contribution < 1.29 is 19.1 Å². The molecular formula is C15H19N3O4. The zero-order valence-electron chi connectivity index (χ0n) is 12.3. The molecule has 1 saturated heterocycles. The van der Waals surface area contributed by atoms with E-state index >= 15 is 0 Å². The fourth-order valence-corrected chi connectivity index (χ4v) is 2.57. The molecule has 3 heterocycles. The molecule has 1 amide bonds. The van der Waals surface area contributed by atoms with Gasteiger partial charge < -0.3 is 19.6 Å². The Kier molecular flexibility index (Phi) is 4.26. The molecule has 1 aliphatic rings. The maximum Gasteiger partial charge on any atom is 0.254 e. The first-order valence-electron chi connectivity index (χ1n) is 7.28. The first-order valence-corrected chi connectivity index (χ1v) is 7.28. The number of aromatic amines is 1. The first-order chi connectivity index (χ1) is 10.6. The van der Waals surface area contributed by atoms with Crippen LogP contribution in [0.1, 0.15) is 46.0 Å². The molecule has 0 bridgehead atoms. The smallest absolute Gasteiger partial charge is 0.254 e. The second-order valence-corrected chi connectivity index (χ2v) is 5.43. The number of aliphatic hydroxyl groups is 1. The van der Waals surface area contributed by atoms with Gasteiger partial charge in [-0.2, -0.15) is 5.10 Å². The summed E-state index contributed by atoms with van der Waals surface area (Å²) in [4.78, 5) is 12.3. The number of ether oxygens (including phenoxy) is 1. The molecule has 0 spiro atoms. The molecule has 0 saturated carbocycles. The van der Waals surface area contributed by atoms with Gasteiger partial charge in [0.05, 0.1) is 30.6 Å². The molecule has 2 aromatic heterocycles. The number of hydrogen-bond donors (Lipinski definition) is 3. The van der Waals surface area contributed by atoms with Gasteiger partial charge in [0.15, 0.2) is 0 Å². The number of aromatic nitrogens is 2. The highest BCUT2D eigenvalue weighted by Gasteiger charge is 2.25. The number of carbonyl (C=O) groups is 1. The van der Waals surface area contributed by atoms with Gasteiger partial charge in [-0.15, -0.1) is 0 Å². The summed E-state index contributed by atoms with van der Waals surface area (Å²) in [7, 11) is 0. The molecule has 7 nitrogen and oxygen atoms in total. The minimum Gasteiger partial charge on any atom is -0.464 e. The van der Waals surface area contributed by atoms with Gasteiger partial charge in [0, 0.05) is 12.5 Å². The number of rotatable bonds is 5. The van der Waals surface area contributed by atoms with Crippen molar-refractivity contribution in [2.75, 3.05) is 19.8 Å². The van der Waals surface area contributed by atoms with E-state index < -0.39 is 6.10 Å². The molecule has 0 aliphatic carbocycles. The van der Waals surface area contributed by atoms with Crippen LogP contribution in [0.4, 0.5) is 0 Å². The van der Waals surface area contributed by atoms with Gasteiger partial charge in [0.1, 0.15) is 17.6 Å². The molecule has 118 valence electrons. The minimum atomic E-state index is -0.872. The van der Waals surface area contributed by atoms with Crippen molar-refractivity contribution in [2.45, 2.75) is 25.4 Å². The molecule has 3 N–H and O–H groups in total. The summed E-state index contributed by atoms with van der Waals surface area (Å²) >= 11 is 0. The van der Waals surface area contributed by atoms with E-state index in [1.54, 1.807) is 19.1 Å². The van der Waals surface area contributed by atoms with Crippen LogP contribution in [0.15, 0.2) is 22.7 Å². The van der Waals surface area contributed by atoms with E-state index in [0.29, 0.717) is 24.5 Å². The topological polar surface area (TPSA) is 100 Å². The van der Waals surface area contributed by atoms with Gasteiger partial charge in [-0.1, -0.05) is 0 Å². The van der Waals surface area contributed by atoms with Gasteiger partial charge in [0.25, 0.3) is 5.91 Å². The van der Waals surface area contributed by atoms with Crippen molar-refractivity contribution in [2.24, 2.45) is 0 Å². The second kappa shape index (κ2) is 6.33. The Labute approximate surface area is 127 Å². The lowest BCUT2D eigenvalue weighted by Crippen LogP contribution is -2.29. The number of furan rings is 1. The third kappa shape index (κ3) is 3.05. The molecule has 0 unspecified atom stereocenters. The van der Waals surface area contributed by atoms with E-state index in [-0.39, 0.29) is 18.4 Å². The van der Waals surface area contributed by atoms with Crippen molar-refractivity contribution >= 4 is 5.91 Å². The summed E-state index contributed by atoms with van der Waals surface area (Å²) in [6.45, 7) is 3.17. The maximum atomic E-state index is 12.3. The first kappa shape index (κ1) is 14.8. The number of hydrogen-bond acceptors (Lipinski definition) is 5. The van der Waals surface area contributed by atoms with Crippen molar-refractivity contribution in [3.05, 3.63) is 41.1 Å². The molecule has 0 radical (unpaired) electrons. The lowest BCUT2D eigenvalue weighted by Gasteiger charge is -2.11. The van der Waals surface area contributed by atoms with Crippen LogP contribution in [0, 0.1) is 6.92 Å². The van der Waals surface area contributed by atoms with E-state index in [1.807, 2.05) is 0 Å². The molecule has 22 heavy (non-hydrogen) atoms. The summed E-state index contributed by atoms with van der Waals surface area (Å²) in [5, 5.41) is 19.5. The van der Waals surface area contributed by atoms with Crippen LogP contribution in [0.5, 0.6) is 0 Å². The molecule has 2 atom stereocenters. The van der Waals surface area contributed by atoms with Crippen LogP contribution in [0.25, 0.3) is 0 Å². The normalized spacial score (nSPS) is 19.3. The van der Waals surface area contributed by atoms with E-state index in [0.717, 1.165) is 17.9 Å². The van der Waals surface area contributed by atoms with Crippen molar-refractivity contribution in [3.8, 4) is 0 Å². The highest BCUT2D eigenvalue weighted by Crippen LogP contribution is 2.26. The zero-order chi connectivity index (χ0) is 15.5. The number of amides is 1. The molecule has 2 aromatic rings. The van der Waals surface area contributed by atoms with Crippen LogP contribution in [0.3, 0.4) is 0 Å². The predicted octanol–water partition coefficient (Wildman–Crippen LogP) is 1.28. The number of aliphatic hydroxyl groups excluding tert-OH is 1. The molecule has 7 heteroatoms. The Hall–Kier alpha value is -2.12. The summed E-state index contributed by atoms with van der Waals surface area (Å²) in [5.41, 5.74) is 1.29. The van der Waals surface area contributed by atoms with Crippen LogP contribution < -0.4 is 5.32 Å². The highest BCUT2D eigenvalue weighted by atomic mass is 16.5. The number of carbonyl (C=O) groups excluding carboxylic acids is 1. The Morgan fingerprint density at radius 2 is 2.45 bits per heavy atom. The Balaban J connectivity index is 1.61. The van der Waals surface area contributed by atoms with Crippen molar-refractivity contribution in [1.82, 2.24) is 15.5 Å². The molecule has 3 rings (SSSR count). The summed E-state index contributed by atoms with van der Waals surface area (Å²) in [6.07, 6.45) is 1.51. The van der Waals surface area contributed by atoms with Gasteiger partial charge >= 0.3 is 0 Å². The van der Waals surface area contributed by atoms with Crippen LogP contribution in [-0.2, 0) is 4.74 Å². The van der Waals surface area contributed by atoms with Gasteiger partial charge in [-0.3, -0.25) is 9.89 Å². The lowest BCUT2D eigenvalue weighted by molar-refractivity contribution is 0.0899.